The van der Waals surface area contributed by atoms with Crippen LogP contribution in [0.2, 0.25) is 0 Å². The van der Waals surface area contributed by atoms with Crippen molar-refractivity contribution in [2.75, 3.05) is 11.6 Å². The van der Waals surface area contributed by atoms with Crippen LogP contribution in [0.4, 0.5) is 10.5 Å². The molecule has 0 aliphatic heterocycles. The largest absolute Gasteiger partial charge is 0.455 e. The Kier molecular flexibility index (Phi) is 6.49. The van der Waals surface area contributed by atoms with E-state index in [1.165, 1.54) is 4.90 Å². The average molecular weight is 377 g/mol. The first-order chi connectivity index (χ1) is 13.2. The number of para-hydroxylation sites is 3. The van der Waals surface area contributed by atoms with Crippen molar-refractivity contribution in [1.82, 2.24) is 5.43 Å². The van der Waals surface area contributed by atoms with E-state index in [0.717, 1.165) is 5.56 Å². The highest BCUT2D eigenvalue weighted by Crippen LogP contribution is 2.28. The van der Waals surface area contributed by atoms with Crippen molar-refractivity contribution in [2.24, 2.45) is 5.10 Å². The molecule has 0 aromatic heterocycles. The van der Waals surface area contributed by atoms with Gasteiger partial charge in [0.25, 0.3) is 0 Å². The lowest BCUT2D eigenvalue weighted by atomic mass is 10.2. The van der Waals surface area contributed by atoms with Gasteiger partial charge in [-0.15, -0.1) is 11.8 Å². The number of nitrogens with one attached hydrogen (secondary N) is 2. The molecule has 0 radical (unpaired) electrons. The van der Waals surface area contributed by atoms with Gasteiger partial charge in [0.05, 0.1) is 11.9 Å². The van der Waals surface area contributed by atoms with Gasteiger partial charge in [-0.25, -0.2) is 10.2 Å². The van der Waals surface area contributed by atoms with Crippen LogP contribution >= 0.6 is 11.8 Å². The van der Waals surface area contributed by atoms with Gasteiger partial charge in [0.15, 0.2) is 5.75 Å². The molecule has 0 atom stereocenters. The Morgan fingerprint density at radius 3 is 2.41 bits per heavy atom. The molecular formula is C21H19N3O2S. The number of ether oxygens (including phenoxy) is 1. The molecular weight excluding hydrogens is 358 g/mol. The highest BCUT2D eigenvalue weighted by atomic mass is 32.2. The molecule has 136 valence electrons. The minimum Gasteiger partial charge on any atom is -0.455 e. The van der Waals surface area contributed by atoms with Gasteiger partial charge in [-0.2, -0.15) is 5.10 Å². The topological polar surface area (TPSA) is 62.7 Å². The summed E-state index contributed by atoms with van der Waals surface area (Å²) in [5.74, 6) is 1.24. The minimum absolute atomic E-state index is 0.448. The molecule has 0 aliphatic carbocycles. The molecule has 0 fully saturated rings. The number of hydrogen-bond acceptors (Lipinski definition) is 4. The molecule has 0 unspecified atom stereocenters. The summed E-state index contributed by atoms with van der Waals surface area (Å²) in [6, 6.07) is 24.1. The van der Waals surface area contributed by atoms with E-state index < -0.39 is 6.03 Å². The molecule has 2 amide bonds. The van der Waals surface area contributed by atoms with Crippen molar-refractivity contribution in [1.29, 1.82) is 0 Å². The van der Waals surface area contributed by atoms with Gasteiger partial charge in [0.2, 0.25) is 0 Å². The predicted octanol–water partition coefficient (Wildman–Crippen LogP) is 5.36. The number of hydrazone groups is 1. The van der Waals surface area contributed by atoms with E-state index in [-0.39, 0.29) is 0 Å². The van der Waals surface area contributed by atoms with Crippen molar-refractivity contribution in [3.05, 3.63) is 84.4 Å². The summed E-state index contributed by atoms with van der Waals surface area (Å²) in [5.41, 5.74) is 3.92. The Morgan fingerprint density at radius 2 is 1.67 bits per heavy atom. The lowest BCUT2D eigenvalue weighted by Gasteiger charge is -2.11. The van der Waals surface area contributed by atoms with Gasteiger partial charge in [0.1, 0.15) is 5.75 Å². The summed E-state index contributed by atoms with van der Waals surface area (Å²) < 4.78 is 5.82. The first-order valence-electron chi connectivity index (χ1n) is 8.30. The smallest absolute Gasteiger partial charge is 0.339 e. The normalized spacial score (nSPS) is 10.6. The Bertz CT molecular complexity index is 912. The average Bonchev–Trinajstić information content (AvgIpc) is 2.71. The molecule has 2 N–H and O–H groups in total. The summed E-state index contributed by atoms with van der Waals surface area (Å²) >= 11 is 1.67. The van der Waals surface area contributed by atoms with E-state index >= 15 is 0 Å². The van der Waals surface area contributed by atoms with Crippen LogP contribution in [0.5, 0.6) is 11.5 Å². The molecule has 6 heteroatoms. The second kappa shape index (κ2) is 9.45. The van der Waals surface area contributed by atoms with Crippen LogP contribution in [0.3, 0.4) is 0 Å². The van der Waals surface area contributed by atoms with Crippen LogP contribution in [0.1, 0.15) is 5.56 Å². The van der Waals surface area contributed by atoms with Gasteiger partial charge in [0, 0.05) is 4.90 Å². The fourth-order valence-electron chi connectivity index (χ4n) is 2.28. The van der Waals surface area contributed by atoms with Crippen molar-refractivity contribution in [3.8, 4) is 11.5 Å². The molecule has 27 heavy (non-hydrogen) atoms. The molecule has 3 aromatic rings. The Balaban J connectivity index is 1.59. The summed E-state index contributed by atoms with van der Waals surface area (Å²) in [6.07, 6.45) is 3.62. The number of carbonyl (C=O) groups is 1. The number of thioether (sulfide) groups is 1. The van der Waals surface area contributed by atoms with E-state index in [1.54, 1.807) is 30.1 Å². The molecule has 0 aliphatic rings. The number of rotatable bonds is 6. The molecule has 3 aromatic carbocycles. The lowest BCUT2D eigenvalue weighted by Crippen LogP contribution is -2.24. The SMILES string of the molecule is CSc1ccc(/C=N/NC(=O)Nc2ccccc2Oc2ccccc2)cc1. The molecule has 3 rings (SSSR count). The number of benzene rings is 3. The molecule has 0 saturated heterocycles. The highest BCUT2D eigenvalue weighted by molar-refractivity contribution is 7.98. The number of urea groups is 1. The van der Waals surface area contributed by atoms with Crippen LogP contribution in [0.15, 0.2) is 88.9 Å². The number of anilines is 1. The zero-order valence-electron chi connectivity index (χ0n) is 14.8. The zero-order valence-corrected chi connectivity index (χ0v) is 15.6. The number of amides is 2. The third kappa shape index (κ3) is 5.62. The standard InChI is InChI=1S/C21H19N3O2S/c1-27-18-13-11-16(12-14-18)15-22-24-21(25)23-19-9-5-6-10-20(19)26-17-7-3-2-4-8-17/h2-15H,1H3,(H2,23,24,25)/b22-15+. The van der Waals surface area contributed by atoms with Gasteiger partial charge >= 0.3 is 6.03 Å². The summed E-state index contributed by atoms with van der Waals surface area (Å²) in [4.78, 5) is 13.3. The Labute approximate surface area is 162 Å². The number of carbonyl (C=O) groups excluding carboxylic acids is 1. The van der Waals surface area contributed by atoms with Crippen molar-refractivity contribution >= 4 is 29.7 Å². The Hall–Kier alpha value is -3.25. The van der Waals surface area contributed by atoms with Crippen molar-refractivity contribution < 1.29 is 9.53 Å². The van der Waals surface area contributed by atoms with Crippen LogP contribution in [0.25, 0.3) is 0 Å². The van der Waals surface area contributed by atoms with Gasteiger partial charge in [-0.1, -0.05) is 42.5 Å². The number of hydrogen-bond donors (Lipinski definition) is 2. The second-order valence-electron chi connectivity index (χ2n) is 5.51. The van der Waals surface area contributed by atoms with Crippen LogP contribution in [0, 0.1) is 0 Å². The van der Waals surface area contributed by atoms with E-state index in [2.05, 4.69) is 15.8 Å². The second-order valence-corrected chi connectivity index (χ2v) is 6.39. The molecule has 5 nitrogen and oxygen atoms in total. The van der Waals surface area contributed by atoms with Crippen molar-refractivity contribution in [3.63, 3.8) is 0 Å². The van der Waals surface area contributed by atoms with Gasteiger partial charge < -0.3 is 10.1 Å². The fraction of sp³-hybridized carbons (Fsp3) is 0.0476. The highest BCUT2D eigenvalue weighted by Gasteiger charge is 2.07. The lowest BCUT2D eigenvalue weighted by molar-refractivity contribution is 0.252. The third-order valence-corrected chi connectivity index (χ3v) is 4.35. The minimum atomic E-state index is -0.448. The predicted molar refractivity (Wildman–Crippen MR) is 111 cm³/mol. The van der Waals surface area contributed by atoms with Gasteiger partial charge in [-0.05, 0) is 48.2 Å². The third-order valence-electron chi connectivity index (χ3n) is 3.60. The Morgan fingerprint density at radius 1 is 0.963 bits per heavy atom. The van der Waals surface area contributed by atoms with Crippen LogP contribution in [-0.2, 0) is 0 Å². The maximum Gasteiger partial charge on any atom is 0.339 e. The molecule has 0 spiro atoms. The first-order valence-corrected chi connectivity index (χ1v) is 9.53. The first kappa shape index (κ1) is 18.5. The van der Waals surface area contributed by atoms with E-state index in [0.29, 0.717) is 17.2 Å². The summed E-state index contributed by atoms with van der Waals surface area (Å²) in [6.45, 7) is 0. The summed E-state index contributed by atoms with van der Waals surface area (Å²) in [5, 5.41) is 6.72. The monoisotopic (exact) mass is 377 g/mol. The molecule has 0 saturated carbocycles. The van der Waals surface area contributed by atoms with E-state index in [1.807, 2.05) is 73.0 Å². The van der Waals surface area contributed by atoms with Crippen molar-refractivity contribution in [2.45, 2.75) is 4.90 Å². The fourth-order valence-corrected chi connectivity index (χ4v) is 2.69. The maximum absolute atomic E-state index is 12.1. The maximum atomic E-state index is 12.1. The van der Waals surface area contributed by atoms with Gasteiger partial charge in [-0.3, -0.25) is 0 Å². The zero-order chi connectivity index (χ0) is 18.9. The molecule has 0 heterocycles. The molecule has 0 bridgehead atoms. The quantitative estimate of drug-likeness (QED) is 0.345. The van der Waals surface area contributed by atoms with E-state index in [4.69, 9.17) is 4.74 Å². The van der Waals surface area contributed by atoms with E-state index in [9.17, 15) is 4.79 Å². The summed E-state index contributed by atoms with van der Waals surface area (Å²) in [7, 11) is 0. The van der Waals surface area contributed by atoms with Crippen LogP contribution < -0.4 is 15.5 Å². The number of nitrogens with zero attached hydrogens (tertiary/aromatic N) is 1. The van der Waals surface area contributed by atoms with Crippen LogP contribution in [-0.4, -0.2) is 18.5 Å².